The van der Waals surface area contributed by atoms with Crippen molar-refractivity contribution in [1.82, 2.24) is 15.5 Å². The zero-order valence-electron chi connectivity index (χ0n) is 14.1. The van der Waals surface area contributed by atoms with Crippen molar-refractivity contribution in [2.45, 2.75) is 66.1 Å². The second-order valence-electron chi connectivity index (χ2n) is 6.03. The van der Waals surface area contributed by atoms with Crippen LogP contribution in [0.3, 0.4) is 0 Å². The van der Waals surface area contributed by atoms with E-state index >= 15 is 0 Å². The van der Waals surface area contributed by atoms with Gasteiger partial charge in [-0.1, -0.05) is 20.3 Å². The molecule has 0 spiro atoms. The molecule has 0 rings (SSSR count). The second-order valence-corrected chi connectivity index (χ2v) is 6.03. The van der Waals surface area contributed by atoms with Crippen LogP contribution in [0.15, 0.2) is 0 Å². The summed E-state index contributed by atoms with van der Waals surface area (Å²) in [6.45, 7) is 13.4. The first kappa shape index (κ1) is 19.7. The Labute approximate surface area is 128 Å². The van der Waals surface area contributed by atoms with Gasteiger partial charge in [0.15, 0.2) is 0 Å². The van der Waals surface area contributed by atoms with Gasteiger partial charge in [-0.25, -0.2) is 9.59 Å². The fourth-order valence-electron chi connectivity index (χ4n) is 2.29. The highest BCUT2D eigenvalue weighted by Crippen LogP contribution is 2.07. The molecule has 21 heavy (non-hydrogen) atoms. The maximum absolute atomic E-state index is 11.8. The van der Waals surface area contributed by atoms with Gasteiger partial charge in [0.2, 0.25) is 0 Å². The number of carboxylic acids is 1. The average Bonchev–Trinajstić information content (AvgIpc) is 2.38. The van der Waals surface area contributed by atoms with Gasteiger partial charge in [-0.15, -0.1) is 0 Å². The Hall–Kier alpha value is -1.30. The Kier molecular flexibility index (Phi) is 9.01. The van der Waals surface area contributed by atoms with Gasteiger partial charge >= 0.3 is 12.0 Å². The molecule has 0 aliphatic heterocycles. The third-order valence-electron chi connectivity index (χ3n) is 3.75. The third-order valence-corrected chi connectivity index (χ3v) is 3.75. The number of hydrogen-bond acceptors (Lipinski definition) is 3. The first-order valence-electron chi connectivity index (χ1n) is 7.73. The van der Waals surface area contributed by atoms with Crippen LogP contribution in [0, 0.1) is 5.92 Å². The van der Waals surface area contributed by atoms with Crippen LogP contribution in [-0.2, 0) is 4.79 Å². The number of amides is 2. The summed E-state index contributed by atoms with van der Waals surface area (Å²) in [6.07, 6.45) is 0.700. The summed E-state index contributed by atoms with van der Waals surface area (Å²) in [6, 6.07) is -0.458. The van der Waals surface area contributed by atoms with Gasteiger partial charge in [-0.3, -0.25) is 4.90 Å². The molecule has 2 amide bonds. The van der Waals surface area contributed by atoms with Gasteiger partial charge in [0.05, 0.1) is 0 Å². The van der Waals surface area contributed by atoms with Gasteiger partial charge < -0.3 is 15.7 Å². The maximum atomic E-state index is 11.8. The first-order valence-corrected chi connectivity index (χ1v) is 7.73. The summed E-state index contributed by atoms with van der Waals surface area (Å²) < 4.78 is 0. The average molecular weight is 301 g/mol. The summed E-state index contributed by atoms with van der Waals surface area (Å²) in [5.74, 6) is -1.10. The lowest BCUT2D eigenvalue weighted by Crippen LogP contribution is -2.50. The Bertz CT molecular complexity index is 324. The van der Waals surface area contributed by atoms with E-state index in [2.05, 4.69) is 43.2 Å². The monoisotopic (exact) mass is 301 g/mol. The number of carboxylic acid groups (broad SMARTS) is 1. The topological polar surface area (TPSA) is 81.7 Å². The molecule has 0 bridgehead atoms. The fourth-order valence-corrected chi connectivity index (χ4v) is 2.29. The Morgan fingerprint density at radius 3 is 2.00 bits per heavy atom. The smallest absolute Gasteiger partial charge is 0.326 e. The van der Waals surface area contributed by atoms with E-state index < -0.39 is 18.0 Å². The van der Waals surface area contributed by atoms with Crippen LogP contribution in [0.4, 0.5) is 4.79 Å². The Morgan fingerprint density at radius 1 is 1.10 bits per heavy atom. The molecular weight excluding hydrogens is 270 g/mol. The van der Waals surface area contributed by atoms with Crippen molar-refractivity contribution in [1.29, 1.82) is 0 Å². The number of hydrogen-bond donors (Lipinski definition) is 3. The zero-order valence-corrected chi connectivity index (χ0v) is 14.1. The lowest BCUT2D eigenvalue weighted by Gasteiger charge is -2.30. The molecule has 6 nitrogen and oxygen atoms in total. The summed E-state index contributed by atoms with van der Waals surface area (Å²) in [5.41, 5.74) is 0. The molecule has 2 atom stereocenters. The van der Waals surface area contributed by atoms with Crippen molar-refractivity contribution in [2.24, 2.45) is 5.92 Å². The quantitative estimate of drug-likeness (QED) is 0.607. The SMILES string of the molecule is CCC(C)C(NC(=O)NCCN(C(C)C)C(C)C)C(=O)O. The van der Waals surface area contributed by atoms with Crippen LogP contribution in [0.25, 0.3) is 0 Å². The summed E-state index contributed by atoms with van der Waals surface area (Å²) in [5, 5.41) is 14.4. The van der Waals surface area contributed by atoms with E-state index in [0.29, 0.717) is 25.0 Å². The molecule has 0 aromatic carbocycles. The molecule has 0 aromatic rings. The highest BCUT2D eigenvalue weighted by Gasteiger charge is 2.25. The number of nitrogens with one attached hydrogen (secondary N) is 2. The minimum atomic E-state index is -0.995. The number of aliphatic carboxylic acids is 1. The largest absolute Gasteiger partial charge is 0.480 e. The van der Waals surface area contributed by atoms with E-state index in [9.17, 15) is 9.59 Å². The molecule has 0 aliphatic rings. The van der Waals surface area contributed by atoms with Crippen molar-refractivity contribution in [3.8, 4) is 0 Å². The van der Waals surface area contributed by atoms with Crippen LogP contribution < -0.4 is 10.6 Å². The molecule has 0 aromatic heterocycles. The molecule has 0 heterocycles. The van der Waals surface area contributed by atoms with Crippen LogP contribution >= 0.6 is 0 Å². The minimum Gasteiger partial charge on any atom is -0.480 e. The summed E-state index contributed by atoms with van der Waals surface area (Å²) in [7, 11) is 0. The van der Waals surface area contributed by atoms with E-state index in [0.717, 1.165) is 6.54 Å². The van der Waals surface area contributed by atoms with E-state index in [1.54, 1.807) is 0 Å². The molecule has 6 heteroatoms. The Morgan fingerprint density at radius 2 is 1.62 bits per heavy atom. The lowest BCUT2D eigenvalue weighted by molar-refractivity contribution is -0.140. The molecule has 0 saturated heterocycles. The number of nitrogens with zero attached hydrogens (tertiary/aromatic N) is 1. The van der Waals surface area contributed by atoms with Crippen LogP contribution in [-0.4, -0.2) is 53.2 Å². The van der Waals surface area contributed by atoms with Crippen molar-refractivity contribution >= 4 is 12.0 Å². The van der Waals surface area contributed by atoms with Crippen LogP contribution in [0.2, 0.25) is 0 Å². The molecule has 124 valence electrons. The van der Waals surface area contributed by atoms with Crippen LogP contribution in [0.1, 0.15) is 48.0 Å². The van der Waals surface area contributed by atoms with Crippen molar-refractivity contribution in [2.75, 3.05) is 13.1 Å². The van der Waals surface area contributed by atoms with Crippen LogP contribution in [0.5, 0.6) is 0 Å². The molecule has 0 aliphatic carbocycles. The van der Waals surface area contributed by atoms with E-state index in [1.807, 2.05) is 13.8 Å². The third kappa shape index (κ3) is 7.32. The highest BCUT2D eigenvalue weighted by molar-refractivity contribution is 5.82. The van der Waals surface area contributed by atoms with Gasteiger partial charge in [0.1, 0.15) is 6.04 Å². The van der Waals surface area contributed by atoms with Crippen molar-refractivity contribution in [3.05, 3.63) is 0 Å². The molecular formula is C15H31N3O3. The van der Waals surface area contributed by atoms with Crippen molar-refractivity contribution < 1.29 is 14.7 Å². The number of carbonyl (C=O) groups excluding carboxylic acids is 1. The summed E-state index contributed by atoms with van der Waals surface area (Å²) >= 11 is 0. The van der Waals surface area contributed by atoms with E-state index in [4.69, 9.17) is 5.11 Å². The molecule has 0 saturated carbocycles. The fraction of sp³-hybridized carbons (Fsp3) is 0.867. The minimum absolute atomic E-state index is 0.101. The maximum Gasteiger partial charge on any atom is 0.326 e. The predicted molar refractivity (Wildman–Crippen MR) is 84.4 cm³/mol. The first-order chi connectivity index (χ1) is 9.70. The zero-order chi connectivity index (χ0) is 16.6. The van der Waals surface area contributed by atoms with E-state index in [-0.39, 0.29) is 5.92 Å². The highest BCUT2D eigenvalue weighted by atomic mass is 16.4. The normalized spacial score (nSPS) is 14.3. The predicted octanol–water partition coefficient (Wildman–Crippen LogP) is 1.90. The van der Waals surface area contributed by atoms with Gasteiger partial charge in [-0.05, 0) is 33.6 Å². The van der Waals surface area contributed by atoms with Gasteiger partial charge in [-0.2, -0.15) is 0 Å². The molecule has 2 unspecified atom stereocenters. The molecule has 0 fully saturated rings. The van der Waals surface area contributed by atoms with Gasteiger partial charge in [0, 0.05) is 25.2 Å². The molecule has 3 N–H and O–H groups in total. The standard InChI is InChI=1S/C15H31N3O3/c1-7-12(6)13(14(19)20)17-15(21)16-8-9-18(10(2)3)11(4)5/h10-13H,7-9H2,1-6H3,(H,19,20)(H2,16,17,21). The number of carbonyl (C=O) groups is 2. The number of rotatable bonds is 9. The summed E-state index contributed by atoms with van der Waals surface area (Å²) in [4.78, 5) is 25.2. The molecule has 0 radical (unpaired) electrons. The van der Waals surface area contributed by atoms with E-state index in [1.165, 1.54) is 0 Å². The number of urea groups is 1. The second kappa shape index (κ2) is 9.60. The van der Waals surface area contributed by atoms with Crippen molar-refractivity contribution in [3.63, 3.8) is 0 Å². The lowest BCUT2D eigenvalue weighted by atomic mass is 9.99. The Balaban J connectivity index is 4.28. The van der Waals surface area contributed by atoms with Gasteiger partial charge in [0.25, 0.3) is 0 Å².